The van der Waals surface area contributed by atoms with Crippen LogP contribution in [0.4, 0.5) is 22.0 Å². The fourth-order valence-corrected chi connectivity index (χ4v) is 0.425. The molecule has 0 saturated carbocycles. The van der Waals surface area contributed by atoms with Crippen LogP contribution in [-0.4, -0.2) is 18.0 Å². The zero-order valence-electron chi connectivity index (χ0n) is 4.63. The molecular weight excluding hydrogens is 178 g/mol. The summed E-state index contributed by atoms with van der Waals surface area (Å²) in [5, 5.41) is -2.44. The van der Waals surface area contributed by atoms with Gasteiger partial charge in [0.1, 0.15) is 5.38 Å². The summed E-state index contributed by atoms with van der Waals surface area (Å²) < 4.78 is 56.5. The first-order valence-electron chi connectivity index (χ1n) is 2.33. The van der Waals surface area contributed by atoms with Crippen LogP contribution in [0.3, 0.4) is 0 Å². The van der Waals surface area contributed by atoms with Gasteiger partial charge in [-0.3, -0.25) is 0 Å². The lowest BCUT2D eigenvalue weighted by Gasteiger charge is -2.11. The summed E-state index contributed by atoms with van der Waals surface area (Å²) in [4.78, 5) is 0. The van der Waals surface area contributed by atoms with Gasteiger partial charge in [-0.25, -0.2) is 8.78 Å². The Morgan fingerprint density at radius 2 is 1.60 bits per heavy atom. The minimum Gasteiger partial charge on any atom is -0.210 e. The van der Waals surface area contributed by atoms with E-state index in [-0.39, 0.29) is 0 Å². The summed E-state index contributed by atoms with van der Waals surface area (Å²) in [6.45, 7) is 0. The molecule has 1 atom stereocenters. The molecule has 6 heteroatoms. The van der Waals surface area contributed by atoms with Crippen molar-refractivity contribution in [2.24, 2.45) is 0 Å². The van der Waals surface area contributed by atoms with Crippen LogP contribution in [0.25, 0.3) is 0 Å². The average Bonchev–Trinajstić information content (AvgIpc) is 1.60. The summed E-state index contributed by atoms with van der Waals surface area (Å²) in [6.07, 6.45) is -9.08. The van der Waals surface area contributed by atoms with Crippen molar-refractivity contribution in [3.05, 3.63) is 0 Å². The molecule has 0 bridgehead atoms. The Labute approximate surface area is 59.0 Å². The van der Waals surface area contributed by atoms with E-state index >= 15 is 0 Å². The second-order valence-electron chi connectivity index (χ2n) is 1.64. The maximum atomic E-state index is 11.3. The van der Waals surface area contributed by atoms with Crippen molar-refractivity contribution in [1.82, 2.24) is 0 Å². The van der Waals surface area contributed by atoms with E-state index in [1.165, 1.54) is 0 Å². The summed E-state index contributed by atoms with van der Waals surface area (Å²) in [6, 6.07) is 0. The lowest BCUT2D eigenvalue weighted by Crippen LogP contribution is -2.25. The van der Waals surface area contributed by atoms with Gasteiger partial charge in [0.15, 0.2) is 0 Å². The van der Waals surface area contributed by atoms with E-state index in [9.17, 15) is 22.0 Å². The molecule has 0 aliphatic heterocycles. The van der Waals surface area contributed by atoms with E-state index in [0.717, 1.165) is 0 Å². The van der Waals surface area contributed by atoms with Gasteiger partial charge in [-0.15, -0.1) is 11.6 Å². The predicted molar refractivity (Wildman–Crippen MR) is 26.3 cm³/mol. The van der Waals surface area contributed by atoms with E-state index in [0.29, 0.717) is 0 Å². The minimum atomic E-state index is -4.72. The number of hydrogen-bond donors (Lipinski definition) is 0. The Morgan fingerprint density at radius 1 is 1.20 bits per heavy atom. The highest BCUT2D eigenvalue weighted by molar-refractivity contribution is 6.21. The Morgan fingerprint density at radius 3 is 1.70 bits per heavy atom. The fourth-order valence-electron chi connectivity index (χ4n) is 0.290. The van der Waals surface area contributed by atoms with Crippen molar-refractivity contribution in [3.63, 3.8) is 0 Å². The van der Waals surface area contributed by atoms with Gasteiger partial charge in [-0.05, 0) is 0 Å². The molecule has 0 rings (SSSR count). The Kier molecular flexibility index (Phi) is 3.35. The number of rotatable bonds is 2. The van der Waals surface area contributed by atoms with E-state index in [2.05, 4.69) is 11.6 Å². The zero-order valence-corrected chi connectivity index (χ0v) is 5.39. The van der Waals surface area contributed by atoms with Gasteiger partial charge in [0.05, 0.1) is 0 Å². The molecule has 0 aliphatic carbocycles. The van der Waals surface area contributed by atoms with E-state index in [1.54, 1.807) is 0 Å². The summed E-state index contributed by atoms with van der Waals surface area (Å²) >= 11 is 4.55. The molecule has 0 aromatic carbocycles. The molecule has 0 N–H and O–H groups in total. The first-order valence-corrected chi connectivity index (χ1v) is 2.76. The molecule has 0 aromatic heterocycles. The maximum Gasteiger partial charge on any atom is 0.405 e. The van der Waals surface area contributed by atoms with Gasteiger partial charge in [0.2, 0.25) is 6.43 Å². The van der Waals surface area contributed by atoms with Gasteiger partial charge < -0.3 is 0 Å². The topological polar surface area (TPSA) is 0 Å². The molecule has 0 heterocycles. The van der Waals surface area contributed by atoms with Crippen molar-refractivity contribution in [1.29, 1.82) is 0 Å². The van der Waals surface area contributed by atoms with E-state index in [1.807, 2.05) is 0 Å². The van der Waals surface area contributed by atoms with Crippen molar-refractivity contribution in [2.75, 3.05) is 0 Å². The summed E-state index contributed by atoms with van der Waals surface area (Å²) in [5.74, 6) is 0. The van der Waals surface area contributed by atoms with Gasteiger partial charge in [-0.1, -0.05) is 0 Å². The molecule has 0 spiro atoms. The molecule has 0 saturated heterocycles. The Hall–Kier alpha value is -0.0600. The molecule has 62 valence electrons. The third-order valence-corrected chi connectivity index (χ3v) is 1.17. The third-order valence-electron chi connectivity index (χ3n) is 0.740. The number of halogens is 6. The molecule has 0 nitrogen and oxygen atoms in total. The van der Waals surface area contributed by atoms with Crippen molar-refractivity contribution < 1.29 is 22.0 Å². The molecule has 0 aromatic rings. The predicted octanol–water partition coefficient (Wildman–Crippen LogP) is 2.81. The largest absolute Gasteiger partial charge is 0.405 e. The van der Waals surface area contributed by atoms with Gasteiger partial charge in [-0.2, -0.15) is 13.2 Å². The molecule has 0 fully saturated rings. The standard InChI is InChI=1S/C4H4ClF5/c5-2(1-3(6)7)4(8,9)10/h2-3H,1H2. The van der Waals surface area contributed by atoms with Crippen molar-refractivity contribution >= 4 is 11.6 Å². The van der Waals surface area contributed by atoms with E-state index in [4.69, 9.17) is 0 Å². The highest BCUT2D eigenvalue weighted by Crippen LogP contribution is 2.28. The van der Waals surface area contributed by atoms with Crippen LogP contribution >= 0.6 is 11.6 Å². The Balaban J connectivity index is 3.73. The average molecular weight is 183 g/mol. The fraction of sp³-hybridized carbons (Fsp3) is 1.00. The van der Waals surface area contributed by atoms with Gasteiger partial charge in [0.25, 0.3) is 0 Å². The maximum absolute atomic E-state index is 11.3. The first kappa shape index (κ1) is 9.94. The van der Waals surface area contributed by atoms with Crippen LogP contribution in [0.5, 0.6) is 0 Å². The summed E-state index contributed by atoms with van der Waals surface area (Å²) in [7, 11) is 0. The second-order valence-corrected chi connectivity index (χ2v) is 2.16. The van der Waals surface area contributed by atoms with Gasteiger partial charge >= 0.3 is 6.18 Å². The number of alkyl halides is 6. The van der Waals surface area contributed by atoms with Crippen LogP contribution in [0.1, 0.15) is 6.42 Å². The lowest BCUT2D eigenvalue weighted by atomic mass is 10.3. The molecule has 0 aliphatic rings. The molecular formula is C4H4ClF5. The summed E-state index contributed by atoms with van der Waals surface area (Å²) in [5.41, 5.74) is 0. The highest BCUT2D eigenvalue weighted by Gasteiger charge is 2.39. The van der Waals surface area contributed by atoms with Crippen LogP contribution < -0.4 is 0 Å². The van der Waals surface area contributed by atoms with Crippen LogP contribution in [0, 0.1) is 0 Å². The van der Waals surface area contributed by atoms with Crippen molar-refractivity contribution in [2.45, 2.75) is 24.4 Å². The monoisotopic (exact) mass is 182 g/mol. The number of hydrogen-bond acceptors (Lipinski definition) is 0. The molecule has 0 radical (unpaired) electrons. The smallest absolute Gasteiger partial charge is 0.210 e. The Bertz CT molecular complexity index is 98.3. The SMILES string of the molecule is FC(F)CC(Cl)C(F)(F)F. The van der Waals surface area contributed by atoms with Crippen LogP contribution in [0.2, 0.25) is 0 Å². The lowest BCUT2D eigenvalue weighted by molar-refractivity contribution is -0.137. The molecule has 1 unspecified atom stereocenters. The minimum absolute atomic E-state index is 1.34. The highest BCUT2D eigenvalue weighted by atomic mass is 35.5. The second kappa shape index (κ2) is 3.37. The van der Waals surface area contributed by atoms with E-state index < -0.39 is 24.4 Å². The first-order chi connectivity index (χ1) is 4.34. The van der Waals surface area contributed by atoms with Crippen LogP contribution in [0.15, 0.2) is 0 Å². The molecule has 10 heavy (non-hydrogen) atoms. The van der Waals surface area contributed by atoms with Crippen LogP contribution in [-0.2, 0) is 0 Å². The third kappa shape index (κ3) is 3.87. The zero-order chi connectivity index (χ0) is 8.36. The molecule has 0 amide bonds. The van der Waals surface area contributed by atoms with Crippen molar-refractivity contribution in [3.8, 4) is 0 Å². The normalized spacial score (nSPS) is 15.9. The quantitative estimate of drug-likeness (QED) is 0.455. The van der Waals surface area contributed by atoms with Gasteiger partial charge in [0, 0.05) is 6.42 Å².